The molecule has 0 aromatic carbocycles. The molecule has 0 unspecified atom stereocenters. The summed E-state index contributed by atoms with van der Waals surface area (Å²) < 4.78 is 22.4. The van der Waals surface area contributed by atoms with Gasteiger partial charge in [-0.2, -0.15) is 0 Å². The molecule has 94 valence electrons. The summed E-state index contributed by atoms with van der Waals surface area (Å²) in [5.41, 5.74) is 0. The molecule has 0 aliphatic carbocycles. The maximum absolute atomic E-state index is 11.6. The summed E-state index contributed by atoms with van der Waals surface area (Å²) in [5, 5.41) is 8.69. The van der Waals surface area contributed by atoms with E-state index in [0.29, 0.717) is 25.8 Å². The van der Waals surface area contributed by atoms with Gasteiger partial charge in [-0.3, -0.25) is 4.79 Å². The zero-order chi connectivity index (χ0) is 12.2. The number of rotatable bonds is 4. The normalized spacial score (nSPS) is 20.6. The van der Waals surface area contributed by atoms with Crippen LogP contribution >= 0.6 is 0 Å². The summed E-state index contributed by atoms with van der Waals surface area (Å²) in [6, 6.07) is 0. The van der Waals surface area contributed by atoms with Crippen LogP contribution in [0.4, 0.5) is 0 Å². The lowest BCUT2D eigenvalue weighted by Crippen LogP contribution is -2.33. The smallest absolute Gasteiger partial charge is 0.222 e. The second kappa shape index (κ2) is 5.63. The SMILES string of the molecule is CN(CCO)C(=O)CC1CCS(=O)(=O)CC1. The first kappa shape index (κ1) is 13.4. The van der Waals surface area contributed by atoms with E-state index in [9.17, 15) is 13.2 Å². The molecule has 1 amide bonds. The first-order chi connectivity index (χ1) is 7.44. The highest BCUT2D eigenvalue weighted by molar-refractivity contribution is 7.91. The lowest BCUT2D eigenvalue weighted by molar-refractivity contribution is -0.131. The van der Waals surface area contributed by atoms with E-state index in [1.165, 1.54) is 4.90 Å². The van der Waals surface area contributed by atoms with Gasteiger partial charge in [-0.1, -0.05) is 0 Å². The number of sulfone groups is 1. The highest BCUT2D eigenvalue weighted by Crippen LogP contribution is 2.22. The van der Waals surface area contributed by atoms with Crippen LogP contribution in [0.15, 0.2) is 0 Å². The Morgan fingerprint density at radius 1 is 1.38 bits per heavy atom. The van der Waals surface area contributed by atoms with Gasteiger partial charge in [0.2, 0.25) is 5.91 Å². The van der Waals surface area contributed by atoms with Gasteiger partial charge in [-0.25, -0.2) is 8.42 Å². The first-order valence-corrected chi connectivity index (χ1v) is 7.32. The van der Waals surface area contributed by atoms with Gasteiger partial charge in [0.15, 0.2) is 0 Å². The van der Waals surface area contributed by atoms with Crippen molar-refractivity contribution in [2.45, 2.75) is 19.3 Å². The number of nitrogens with zero attached hydrogens (tertiary/aromatic N) is 1. The van der Waals surface area contributed by atoms with Crippen LogP contribution in [0.3, 0.4) is 0 Å². The molecule has 16 heavy (non-hydrogen) atoms. The first-order valence-electron chi connectivity index (χ1n) is 5.50. The topological polar surface area (TPSA) is 74.7 Å². The van der Waals surface area contributed by atoms with Crippen molar-refractivity contribution >= 4 is 15.7 Å². The fourth-order valence-corrected chi connectivity index (χ4v) is 3.41. The predicted molar refractivity (Wildman–Crippen MR) is 60.7 cm³/mol. The van der Waals surface area contributed by atoms with Crippen molar-refractivity contribution in [1.29, 1.82) is 0 Å². The molecule has 1 rings (SSSR count). The van der Waals surface area contributed by atoms with Crippen molar-refractivity contribution in [2.24, 2.45) is 5.92 Å². The minimum atomic E-state index is -2.85. The van der Waals surface area contributed by atoms with Crippen molar-refractivity contribution < 1.29 is 18.3 Å². The van der Waals surface area contributed by atoms with Crippen LogP contribution in [0.25, 0.3) is 0 Å². The van der Waals surface area contributed by atoms with Crippen LogP contribution in [-0.2, 0) is 14.6 Å². The molecule has 0 spiro atoms. The third-order valence-electron chi connectivity index (χ3n) is 3.00. The number of hydrogen-bond acceptors (Lipinski definition) is 4. The lowest BCUT2D eigenvalue weighted by atomic mass is 9.98. The molecular formula is C10H19NO4S. The highest BCUT2D eigenvalue weighted by atomic mass is 32.2. The second-order valence-corrected chi connectivity index (χ2v) is 6.64. The van der Waals surface area contributed by atoms with E-state index in [0.717, 1.165) is 0 Å². The largest absolute Gasteiger partial charge is 0.395 e. The molecule has 0 radical (unpaired) electrons. The molecule has 1 aliphatic heterocycles. The molecule has 0 bridgehead atoms. The van der Waals surface area contributed by atoms with Gasteiger partial charge in [0.1, 0.15) is 9.84 Å². The fraction of sp³-hybridized carbons (Fsp3) is 0.900. The second-order valence-electron chi connectivity index (χ2n) is 4.34. The maximum Gasteiger partial charge on any atom is 0.222 e. The molecule has 6 heteroatoms. The zero-order valence-electron chi connectivity index (χ0n) is 9.55. The average Bonchev–Trinajstić information content (AvgIpc) is 2.21. The number of amides is 1. The minimum absolute atomic E-state index is 0.0154. The number of aliphatic hydroxyl groups is 1. The number of hydrogen-bond donors (Lipinski definition) is 1. The summed E-state index contributed by atoms with van der Waals surface area (Å²) in [5.74, 6) is 0.569. The number of carbonyl (C=O) groups is 1. The van der Waals surface area contributed by atoms with E-state index in [2.05, 4.69) is 0 Å². The Bertz CT molecular complexity index is 325. The third kappa shape index (κ3) is 4.09. The van der Waals surface area contributed by atoms with Crippen molar-refractivity contribution in [1.82, 2.24) is 4.90 Å². The van der Waals surface area contributed by atoms with E-state index in [1.54, 1.807) is 7.05 Å². The van der Waals surface area contributed by atoms with Crippen LogP contribution in [0.5, 0.6) is 0 Å². The Hall–Kier alpha value is -0.620. The summed E-state index contributed by atoms with van der Waals surface area (Å²) in [7, 11) is -1.20. The van der Waals surface area contributed by atoms with Crippen molar-refractivity contribution in [3.05, 3.63) is 0 Å². The van der Waals surface area contributed by atoms with E-state index < -0.39 is 9.84 Å². The number of carbonyl (C=O) groups excluding carboxylic acids is 1. The maximum atomic E-state index is 11.6. The average molecular weight is 249 g/mol. The molecule has 0 atom stereocenters. The van der Waals surface area contributed by atoms with Crippen molar-refractivity contribution in [3.63, 3.8) is 0 Å². The van der Waals surface area contributed by atoms with Gasteiger partial charge in [-0.15, -0.1) is 0 Å². The molecule has 5 nitrogen and oxygen atoms in total. The Labute approximate surface area is 96.4 Å². The molecule has 0 aromatic rings. The monoisotopic (exact) mass is 249 g/mol. The van der Waals surface area contributed by atoms with Gasteiger partial charge < -0.3 is 10.0 Å². The van der Waals surface area contributed by atoms with Crippen molar-refractivity contribution in [2.75, 3.05) is 31.7 Å². The minimum Gasteiger partial charge on any atom is -0.395 e. The molecule has 0 aromatic heterocycles. The van der Waals surface area contributed by atoms with Gasteiger partial charge in [0.05, 0.1) is 18.1 Å². The molecule has 1 saturated heterocycles. The Morgan fingerprint density at radius 3 is 2.44 bits per heavy atom. The van der Waals surface area contributed by atoms with Gasteiger partial charge in [0.25, 0.3) is 0 Å². The summed E-state index contributed by atoms with van der Waals surface area (Å²) in [6.07, 6.45) is 1.56. The van der Waals surface area contributed by atoms with Crippen LogP contribution in [0, 0.1) is 5.92 Å². The van der Waals surface area contributed by atoms with E-state index in [1.807, 2.05) is 0 Å². The highest BCUT2D eigenvalue weighted by Gasteiger charge is 2.25. The van der Waals surface area contributed by atoms with Crippen LogP contribution < -0.4 is 0 Å². The predicted octanol–water partition coefficient (Wildman–Crippen LogP) is -0.348. The lowest BCUT2D eigenvalue weighted by Gasteiger charge is -2.24. The van der Waals surface area contributed by atoms with E-state index >= 15 is 0 Å². The molecule has 1 heterocycles. The fourth-order valence-electron chi connectivity index (χ4n) is 1.82. The van der Waals surface area contributed by atoms with Crippen LogP contribution in [0.1, 0.15) is 19.3 Å². The molecule has 1 aliphatic rings. The van der Waals surface area contributed by atoms with Gasteiger partial charge in [0, 0.05) is 20.0 Å². The Morgan fingerprint density at radius 2 is 1.94 bits per heavy atom. The van der Waals surface area contributed by atoms with Crippen molar-refractivity contribution in [3.8, 4) is 0 Å². The molecule has 1 N–H and O–H groups in total. The van der Waals surface area contributed by atoms with E-state index in [-0.39, 0.29) is 29.9 Å². The summed E-state index contributed by atoms with van der Waals surface area (Å²) >= 11 is 0. The standard InChI is InChI=1S/C10H19NO4S/c1-11(4-5-12)10(13)8-9-2-6-16(14,15)7-3-9/h9,12H,2-8H2,1H3. The summed E-state index contributed by atoms with van der Waals surface area (Å²) in [6.45, 7) is 0.297. The van der Waals surface area contributed by atoms with Crippen LogP contribution in [-0.4, -0.2) is 56.0 Å². The quantitative estimate of drug-likeness (QED) is 0.739. The van der Waals surface area contributed by atoms with Crippen LogP contribution in [0.2, 0.25) is 0 Å². The molecule has 1 fully saturated rings. The van der Waals surface area contributed by atoms with Gasteiger partial charge >= 0.3 is 0 Å². The summed E-state index contributed by atoms with van der Waals surface area (Å²) in [4.78, 5) is 13.1. The molecule has 0 saturated carbocycles. The number of likely N-dealkylation sites (N-methyl/N-ethyl adjacent to an activating group) is 1. The third-order valence-corrected chi connectivity index (χ3v) is 4.71. The Kier molecular flexibility index (Phi) is 4.73. The zero-order valence-corrected chi connectivity index (χ0v) is 10.4. The number of aliphatic hydroxyl groups excluding tert-OH is 1. The van der Waals surface area contributed by atoms with E-state index in [4.69, 9.17) is 5.11 Å². The molecular weight excluding hydrogens is 230 g/mol. The van der Waals surface area contributed by atoms with Gasteiger partial charge in [-0.05, 0) is 18.8 Å². The Balaban J connectivity index is 2.36.